The van der Waals surface area contributed by atoms with Gasteiger partial charge in [-0.2, -0.15) is 4.31 Å². The van der Waals surface area contributed by atoms with Crippen LogP contribution in [0.3, 0.4) is 0 Å². The van der Waals surface area contributed by atoms with Gasteiger partial charge in [-0.15, -0.1) is 0 Å². The molecule has 35 heavy (non-hydrogen) atoms. The van der Waals surface area contributed by atoms with Crippen molar-refractivity contribution in [1.29, 1.82) is 0 Å². The molecule has 1 atom stereocenters. The number of ether oxygens (including phenoxy) is 3. The molecule has 9 nitrogen and oxygen atoms in total. The number of amides is 1. The number of hydrogen-bond donors (Lipinski definition) is 1. The number of anilines is 1. The quantitative estimate of drug-likeness (QED) is 0.388. The highest BCUT2D eigenvalue weighted by molar-refractivity contribution is 7.89. The molecule has 10 heteroatoms. The fraction of sp³-hybridized carbons (Fsp3) is 0.440. The molecule has 0 aliphatic carbocycles. The molecule has 1 amide bonds. The molecular weight excluding hydrogens is 472 g/mol. The fourth-order valence-corrected chi connectivity index (χ4v) is 5.52. The number of carbonyl (C=O) groups excluding carboxylic acids is 2. The summed E-state index contributed by atoms with van der Waals surface area (Å²) in [6, 6.07) is 11.0. The van der Waals surface area contributed by atoms with Crippen LogP contribution in [0, 0.1) is 5.92 Å². The Morgan fingerprint density at radius 3 is 2.49 bits per heavy atom. The van der Waals surface area contributed by atoms with E-state index in [1.54, 1.807) is 36.4 Å². The number of unbranched alkanes of at least 4 members (excludes halogenated alkanes) is 1. The van der Waals surface area contributed by atoms with E-state index < -0.39 is 21.9 Å². The zero-order valence-corrected chi connectivity index (χ0v) is 21.1. The maximum absolute atomic E-state index is 13.4. The summed E-state index contributed by atoms with van der Waals surface area (Å²) < 4.78 is 43.7. The Kier molecular flexibility index (Phi) is 9.11. The summed E-state index contributed by atoms with van der Waals surface area (Å²) in [4.78, 5) is 25.0. The van der Waals surface area contributed by atoms with Crippen LogP contribution in [0.25, 0.3) is 0 Å². The molecule has 1 saturated heterocycles. The summed E-state index contributed by atoms with van der Waals surface area (Å²) in [6.07, 6.45) is 2.85. The summed E-state index contributed by atoms with van der Waals surface area (Å²) >= 11 is 0. The molecule has 0 aromatic heterocycles. The van der Waals surface area contributed by atoms with Crippen LogP contribution in [-0.2, 0) is 19.6 Å². The van der Waals surface area contributed by atoms with Crippen molar-refractivity contribution in [3.8, 4) is 11.5 Å². The molecule has 190 valence electrons. The van der Waals surface area contributed by atoms with E-state index >= 15 is 0 Å². The van der Waals surface area contributed by atoms with Crippen molar-refractivity contribution in [3.05, 3.63) is 48.0 Å². The number of methoxy groups -OCH3 is 2. The van der Waals surface area contributed by atoms with E-state index in [0.29, 0.717) is 43.0 Å². The smallest absolute Gasteiger partial charge is 0.338 e. The summed E-state index contributed by atoms with van der Waals surface area (Å²) in [5.41, 5.74) is 0.927. The number of piperidine rings is 1. The number of benzene rings is 2. The van der Waals surface area contributed by atoms with Gasteiger partial charge in [-0.25, -0.2) is 13.2 Å². The van der Waals surface area contributed by atoms with Gasteiger partial charge in [0, 0.05) is 24.8 Å². The molecule has 1 aliphatic heterocycles. The largest absolute Gasteiger partial charge is 0.497 e. The van der Waals surface area contributed by atoms with Crippen LogP contribution in [0.5, 0.6) is 11.5 Å². The molecule has 0 unspecified atom stereocenters. The Morgan fingerprint density at radius 2 is 1.83 bits per heavy atom. The maximum atomic E-state index is 13.4. The molecule has 2 aromatic rings. The van der Waals surface area contributed by atoms with Gasteiger partial charge in [0.15, 0.2) is 0 Å². The van der Waals surface area contributed by atoms with Crippen molar-refractivity contribution in [2.24, 2.45) is 5.92 Å². The summed E-state index contributed by atoms with van der Waals surface area (Å²) in [5.74, 6) is -0.592. The number of nitrogens with zero attached hydrogens (tertiary/aromatic N) is 1. The predicted molar refractivity (Wildman–Crippen MR) is 131 cm³/mol. The number of esters is 1. The first kappa shape index (κ1) is 26.5. The van der Waals surface area contributed by atoms with Gasteiger partial charge < -0.3 is 19.5 Å². The molecular formula is C25H32N2O7S. The molecule has 0 saturated carbocycles. The van der Waals surface area contributed by atoms with Crippen LogP contribution >= 0.6 is 0 Å². The van der Waals surface area contributed by atoms with Gasteiger partial charge in [0.05, 0.1) is 32.3 Å². The Bertz CT molecular complexity index is 1130. The average molecular weight is 505 g/mol. The van der Waals surface area contributed by atoms with E-state index in [2.05, 4.69) is 5.32 Å². The molecule has 1 N–H and O–H groups in total. The average Bonchev–Trinajstić information content (AvgIpc) is 2.88. The Hall–Kier alpha value is -3.11. The van der Waals surface area contributed by atoms with E-state index in [9.17, 15) is 18.0 Å². The molecule has 0 radical (unpaired) electrons. The predicted octanol–water partition coefficient (Wildman–Crippen LogP) is 3.70. The molecule has 1 heterocycles. The number of rotatable bonds is 10. The Morgan fingerprint density at radius 1 is 1.09 bits per heavy atom. The number of carbonyl (C=O) groups is 2. The SMILES string of the molecule is CCCCOC(=O)c1ccc(NC(=O)[C@H]2CCCN(S(=O)(=O)c3cc(OC)ccc3OC)C2)cc1. The van der Waals surface area contributed by atoms with Gasteiger partial charge in [-0.05, 0) is 55.7 Å². The van der Waals surface area contributed by atoms with Crippen molar-refractivity contribution >= 4 is 27.6 Å². The highest BCUT2D eigenvalue weighted by Crippen LogP contribution is 2.33. The molecule has 2 aromatic carbocycles. The lowest BCUT2D eigenvalue weighted by Gasteiger charge is -2.31. The highest BCUT2D eigenvalue weighted by Gasteiger charge is 2.35. The fourth-order valence-electron chi connectivity index (χ4n) is 3.83. The monoisotopic (exact) mass is 504 g/mol. The third kappa shape index (κ3) is 6.52. The zero-order valence-electron chi connectivity index (χ0n) is 20.3. The summed E-state index contributed by atoms with van der Waals surface area (Å²) in [5, 5.41) is 2.83. The van der Waals surface area contributed by atoms with Gasteiger partial charge in [-0.3, -0.25) is 4.79 Å². The normalized spacial score (nSPS) is 16.4. The van der Waals surface area contributed by atoms with Crippen LogP contribution in [0.1, 0.15) is 43.0 Å². The third-order valence-corrected chi connectivity index (χ3v) is 7.75. The van der Waals surface area contributed by atoms with Gasteiger partial charge >= 0.3 is 5.97 Å². The number of hydrogen-bond acceptors (Lipinski definition) is 7. The second-order valence-corrected chi connectivity index (χ2v) is 10.2. The third-order valence-electron chi connectivity index (χ3n) is 5.86. The second-order valence-electron chi connectivity index (χ2n) is 8.28. The summed E-state index contributed by atoms with van der Waals surface area (Å²) in [7, 11) is -1.04. The standard InChI is InChI=1S/C25H32N2O7S/c1-4-5-15-34-25(29)18-8-10-20(11-9-18)26-24(28)19-7-6-14-27(17-19)35(30,31)23-16-21(32-2)12-13-22(23)33-3/h8-13,16,19H,4-7,14-15,17H2,1-3H3,(H,26,28)/t19-/m0/s1. The van der Waals surface area contributed by atoms with E-state index in [0.717, 1.165) is 12.8 Å². The van der Waals surface area contributed by atoms with Gasteiger partial charge in [0.1, 0.15) is 16.4 Å². The minimum Gasteiger partial charge on any atom is -0.497 e. The van der Waals surface area contributed by atoms with Crippen LogP contribution < -0.4 is 14.8 Å². The lowest BCUT2D eigenvalue weighted by molar-refractivity contribution is -0.120. The molecule has 3 rings (SSSR count). The van der Waals surface area contributed by atoms with Crippen LogP contribution in [0.15, 0.2) is 47.4 Å². The lowest BCUT2D eigenvalue weighted by Crippen LogP contribution is -2.43. The first-order valence-corrected chi connectivity index (χ1v) is 13.0. The Labute approximate surface area is 206 Å². The zero-order chi connectivity index (χ0) is 25.4. The van der Waals surface area contributed by atoms with Crippen LogP contribution in [0.2, 0.25) is 0 Å². The molecule has 1 aliphatic rings. The minimum atomic E-state index is -3.90. The van der Waals surface area contributed by atoms with Crippen molar-refractivity contribution in [2.75, 3.05) is 39.2 Å². The van der Waals surface area contributed by atoms with Gasteiger partial charge in [-0.1, -0.05) is 13.3 Å². The van der Waals surface area contributed by atoms with Gasteiger partial charge in [0.2, 0.25) is 15.9 Å². The van der Waals surface area contributed by atoms with E-state index in [1.165, 1.54) is 24.6 Å². The Balaban J connectivity index is 1.67. The van der Waals surface area contributed by atoms with Gasteiger partial charge in [0.25, 0.3) is 0 Å². The highest BCUT2D eigenvalue weighted by atomic mass is 32.2. The summed E-state index contributed by atoms with van der Waals surface area (Å²) in [6.45, 7) is 2.75. The lowest BCUT2D eigenvalue weighted by atomic mass is 9.98. The van der Waals surface area contributed by atoms with Crippen LogP contribution in [0.4, 0.5) is 5.69 Å². The van der Waals surface area contributed by atoms with Crippen molar-refractivity contribution < 1.29 is 32.2 Å². The maximum Gasteiger partial charge on any atom is 0.338 e. The molecule has 0 bridgehead atoms. The number of sulfonamides is 1. The molecule has 1 fully saturated rings. The van der Waals surface area contributed by atoms with E-state index in [-0.39, 0.29) is 23.1 Å². The second kappa shape index (κ2) is 12.0. The number of nitrogens with one attached hydrogen (secondary N) is 1. The molecule has 0 spiro atoms. The van der Waals surface area contributed by atoms with Crippen LogP contribution in [-0.4, -0.2) is 58.5 Å². The topological polar surface area (TPSA) is 111 Å². The minimum absolute atomic E-state index is 0.00168. The first-order chi connectivity index (χ1) is 16.8. The van der Waals surface area contributed by atoms with Crippen molar-refractivity contribution in [2.45, 2.75) is 37.5 Å². The van der Waals surface area contributed by atoms with Crippen molar-refractivity contribution in [1.82, 2.24) is 4.31 Å². The van der Waals surface area contributed by atoms with E-state index in [1.807, 2.05) is 6.92 Å². The first-order valence-electron chi connectivity index (χ1n) is 11.6. The van der Waals surface area contributed by atoms with E-state index in [4.69, 9.17) is 14.2 Å². The van der Waals surface area contributed by atoms with Crippen molar-refractivity contribution in [3.63, 3.8) is 0 Å².